The first-order valence-electron chi connectivity index (χ1n) is 4.73. The number of hydrogen-bond donors (Lipinski definition) is 2. The Hall–Kier alpha value is -0.770. The van der Waals surface area contributed by atoms with Crippen LogP contribution in [0, 0.1) is 5.92 Å². The number of carboxylic acid groups (broad SMARTS) is 1. The molecule has 2 N–H and O–H groups in total. The third kappa shape index (κ3) is 2.12. The van der Waals surface area contributed by atoms with Gasteiger partial charge in [-0.05, 0) is 19.8 Å². The highest BCUT2D eigenvalue weighted by molar-refractivity contribution is 5.65. The molecule has 4 nitrogen and oxygen atoms in total. The van der Waals surface area contributed by atoms with Gasteiger partial charge in [0, 0.05) is 18.5 Å². The van der Waals surface area contributed by atoms with Crippen molar-refractivity contribution in [3.63, 3.8) is 0 Å². The molecule has 1 saturated heterocycles. The number of piperidine rings is 1. The van der Waals surface area contributed by atoms with Gasteiger partial charge in [0.15, 0.2) is 0 Å². The lowest BCUT2D eigenvalue weighted by atomic mass is 9.89. The highest BCUT2D eigenvalue weighted by Crippen LogP contribution is 2.24. The van der Waals surface area contributed by atoms with E-state index in [9.17, 15) is 9.90 Å². The van der Waals surface area contributed by atoms with Crippen molar-refractivity contribution < 1.29 is 15.0 Å². The molecule has 0 unspecified atom stereocenters. The van der Waals surface area contributed by atoms with Gasteiger partial charge in [0.1, 0.15) is 0 Å². The van der Waals surface area contributed by atoms with Gasteiger partial charge in [-0.15, -0.1) is 0 Å². The maximum absolute atomic E-state index is 10.8. The lowest BCUT2D eigenvalue weighted by Gasteiger charge is -2.38. The lowest BCUT2D eigenvalue weighted by Crippen LogP contribution is -2.50. The van der Waals surface area contributed by atoms with E-state index in [-0.39, 0.29) is 18.1 Å². The number of carbonyl (C=O) groups is 1. The summed E-state index contributed by atoms with van der Waals surface area (Å²) in [5.74, 6) is 0.104. The number of nitrogens with zero attached hydrogens (tertiary/aromatic N) is 1. The van der Waals surface area contributed by atoms with E-state index in [4.69, 9.17) is 5.11 Å². The average Bonchev–Trinajstić information content (AvgIpc) is 2.03. The van der Waals surface area contributed by atoms with Crippen molar-refractivity contribution in [1.82, 2.24) is 4.90 Å². The number of aliphatic hydroxyl groups is 1. The topological polar surface area (TPSA) is 60.8 Å². The van der Waals surface area contributed by atoms with E-state index < -0.39 is 6.09 Å². The maximum atomic E-state index is 10.8. The summed E-state index contributed by atoms with van der Waals surface area (Å²) >= 11 is 0. The van der Waals surface area contributed by atoms with Gasteiger partial charge in [-0.3, -0.25) is 0 Å². The van der Waals surface area contributed by atoms with Crippen LogP contribution in [0.15, 0.2) is 0 Å². The third-order valence-corrected chi connectivity index (χ3v) is 2.86. The van der Waals surface area contributed by atoms with Crippen molar-refractivity contribution >= 4 is 6.09 Å². The Morgan fingerprint density at radius 2 is 2.23 bits per heavy atom. The van der Waals surface area contributed by atoms with Gasteiger partial charge < -0.3 is 15.1 Å². The molecule has 1 heterocycles. The Kier molecular flexibility index (Phi) is 3.14. The minimum absolute atomic E-state index is 0.0599. The Bertz CT molecular complexity index is 195. The number of likely N-dealkylation sites (tertiary alicyclic amines) is 1. The second-order valence-electron chi connectivity index (χ2n) is 3.76. The van der Waals surface area contributed by atoms with Crippen molar-refractivity contribution in [2.45, 2.75) is 38.8 Å². The predicted octanol–water partition coefficient (Wildman–Crippen LogP) is 1.15. The van der Waals surface area contributed by atoms with Crippen LogP contribution in [0.25, 0.3) is 0 Å². The fraction of sp³-hybridized carbons (Fsp3) is 0.889. The van der Waals surface area contributed by atoms with Crippen LogP contribution < -0.4 is 0 Å². The normalized spacial score (nSPS) is 34.7. The summed E-state index contributed by atoms with van der Waals surface area (Å²) in [6.07, 6.45) is 0.177. The molecule has 0 radical (unpaired) electrons. The Labute approximate surface area is 78.2 Å². The Morgan fingerprint density at radius 1 is 1.62 bits per heavy atom. The molecule has 1 fully saturated rings. The predicted molar refractivity (Wildman–Crippen MR) is 48.6 cm³/mol. The summed E-state index contributed by atoms with van der Waals surface area (Å²) in [7, 11) is 0. The van der Waals surface area contributed by atoms with Crippen LogP contribution in [0.2, 0.25) is 0 Å². The SMILES string of the molecule is CC[C@H]1CN(C(=O)O)[C@H](C)C[C@@H]1O. The van der Waals surface area contributed by atoms with Crippen LogP contribution in [0.4, 0.5) is 4.79 Å². The number of rotatable bonds is 1. The molecule has 1 aliphatic rings. The highest BCUT2D eigenvalue weighted by Gasteiger charge is 2.33. The molecule has 0 spiro atoms. The number of aliphatic hydroxyl groups excluding tert-OH is 1. The molecule has 1 aliphatic heterocycles. The van der Waals surface area contributed by atoms with E-state index in [2.05, 4.69) is 0 Å². The molecule has 0 aromatic rings. The molecule has 0 bridgehead atoms. The van der Waals surface area contributed by atoms with Crippen LogP contribution in [0.3, 0.4) is 0 Å². The minimum atomic E-state index is -0.877. The molecular weight excluding hydrogens is 170 g/mol. The van der Waals surface area contributed by atoms with Crippen LogP contribution in [0.5, 0.6) is 0 Å². The summed E-state index contributed by atoms with van der Waals surface area (Å²) in [5, 5.41) is 18.5. The van der Waals surface area contributed by atoms with E-state index in [1.165, 1.54) is 4.90 Å². The van der Waals surface area contributed by atoms with Gasteiger partial charge in [-0.25, -0.2) is 4.79 Å². The molecule has 13 heavy (non-hydrogen) atoms. The van der Waals surface area contributed by atoms with Crippen LogP contribution in [0.1, 0.15) is 26.7 Å². The maximum Gasteiger partial charge on any atom is 0.407 e. The van der Waals surface area contributed by atoms with Crippen molar-refractivity contribution in [2.24, 2.45) is 5.92 Å². The summed E-state index contributed by atoms with van der Waals surface area (Å²) < 4.78 is 0. The molecule has 4 heteroatoms. The van der Waals surface area contributed by atoms with Gasteiger partial charge in [0.05, 0.1) is 6.10 Å². The van der Waals surface area contributed by atoms with Crippen molar-refractivity contribution in [3.05, 3.63) is 0 Å². The Morgan fingerprint density at radius 3 is 2.69 bits per heavy atom. The van der Waals surface area contributed by atoms with E-state index in [0.717, 1.165) is 6.42 Å². The van der Waals surface area contributed by atoms with E-state index in [0.29, 0.717) is 13.0 Å². The highest BCUT2D eigenvalue weighted by atomic mass is 16.4. The molecule has 76 valence electrons. The second kappa shape index (κ2) is 3.96. The number of hydrogen-bond acceptors (Lipinski definition) is 2. The summed E-state index contributed by atoms with van der Waals surface area (Å²) in [5.41, 5.74) is 0. The fourth-order valence-electron chi connectivity index (χ4n) is 1.89. The van der Waals surface area contributed by atoms with Crippen molar-refractivity contribution in [2.75, 3.05) is 6.54 Å². The lowest BCUT2D eigenvalue weighted by molar-refractivity contribution is 0.00345. The standard InChI is InChI=1S/C9H17NO3/c1-3-7-5-10(9(12)13)6(2)4-8(7)11/h6-8,11H,3-5H2,1-2H3,(H,12,13)/t6-,7+,8+/m1/s1. The molecular formula is C9H17NO3. The summed E-state index contributed by atoms with van der Waals surface area (Å²) in [6, 6.07) is -0.0599. The first kappa shape index (κ1) is 10.3. The zero-order chi connectivity index (χ0) is 10.0. The summed E-state index contributed by atoms with van der Waals surface area (Å²) in [6.45, 7) is 4.28. The van der Waals surface area contributed by atoms with Gasteiger partial charge in [0.2, 0.25) is 0 Å². The smallest absolute Gasteiger partial charge is 0.407 e. The molecule has 0 aliphatic carbocycles. The van der Waals surface area contributed by atoms with Crippen LogP contribution in [-0.2, 0) is 0 Å². The van der Waals surface area contributed by atoms with E-state index in [1.54, 1.807) is 0 Å². The van der Waals surface area contributed by atoms with Crippen LogP contribution in [-0.4, -0.2) is 39.9 Å². The van der Waals surface area contributed by atoms with Crippen molar-refractivity contribution in [1.29, 1.82) is 0 Å². The molecule has 0 aromatic carbocycles. The van der Waals surface area contributed by atoms with Crippen LogP contribution >= 0.6 is 0 Å². The van der Waals surface area contributed by atoms with Gasteiger partial charge in [0.25, 0.3) is 0 Å². The molecule has 1 amide bonds. The minimum Gasteiger partial charge on any atom is -0.465 e. The van der Waals surface area contributed by atoms with Gasteiger partial charge >= 0.3 is 6.09 Å². The molecule has 3 atom stereocenters. The largest absolute Gasteiger partial charge is 0.465 e. The second-order valence-corrected chi connectivity index (χ2v) is 3.76. The molecule has 0 aromatic heterocycles. The zero-order valence-corrected chi connectivity index (χ0v) is 8.10. The van der Waals surface area contributed by atoms with Gasteiger partial charge in [-0.1, -0.05) is 6.92 Å². The molecule has 1 rings (SSSR count). The molecule has 0 saturated carbocycles. The average molecular weight is 187 g/mol. The monoisotopic (exact) mass is 187 g/mol. The first-order valence-corrected chi connectivity index (χ1v) is 4.73. The Balaban J connectivity index is 2.63. The van der Waals surface area contributed by atoms with E-state index in [1.807, 2.05) is 13.8 Å². The first-order chi connectivity index (χ1) is 6.06. The third-order valence-electron chi connectivity index (χ3n) is 2.86. The number of amides is 1. The van der Waals surface area contributed by atoms with E-state index >= 15 is 0 Å². The van der Waals surface area contributed by atoms with Crippen molar-refractivity contribution in [3.8, 4) is 0 Å². The van der Waals surface area contributed by atoms with Gasteiger partial charge in [-0.2, -0.15) is 0 Å². The quantitative estimate of drug-likeness (QED) is 0.647. The zero-order valence-electron chi connectivity index (χ0n) is 8.10. The summed E-state index contributed by atoms with van der Waals surface area (Å²) in [4.78, 5) is 12.2. The fourth-order valence-corrected chi connectivity index (χ4v) is 1.89.